The summed E-state index contributed by atoms with van der Waals surface area (Å²) in [6.45, 7) is 1.63. The second kappa shape index (κ2) is 7.36. The van der Waals surface area contributed by atoms with Crippen LogP contribution in [0.4, 0.5) is 10.5 Å². The molecular formula is C14H9Cl4N3O2. The van der Waals surface area contributed by atoms with E-state index in [0.29, 0.717) is 16.3 Å². The van der Waals surface area contributed by atoms with Crippen molar-refractivity contribution in [2.45, 2.75) is 6.92 Å². The third kappa shape index (κ3) is 4.48. The highest BCUT2D eigenvalue weighted by atomic mass is 35.5. The summed E-state index contributed by atoms with van der Waals surface area (Å²) in [5, 5.41) is 5.30. The van der Waals surface area contributed by atoms with E-state index in [4.69, 9.17) is 46.4 Å². The molecule has 0 unspecified atom stereocenters. The van der Waals surface area contributed by atoms with Crippen LogP contribution in [0.15, 0.2) is 24.3 Å². The SMILES string of the molecule is Cc1cc(Cl)nc(Cl)c1C(=O)NC(=O)Nc1ccc(Cl)c(Cl)c1. The molecule has 2 rings (SSSR count). The second-order valence-electron chi connectivity index (χ2n) is 4.46. The lowest BCUT2D eigenvalue weighted by atomic mass is 10.1. The van der Waals surface area contributed by atoms with Crippen LogP contribution in [-0.2, 0) is 0 Å². The van der Waals surface area contributed by atoms with Gasteiger partial charge in [-0.25, -0.2) is 9.78 Å². The van der Waals surface area contributed by atoms with Gasteiger partial charge in [-0.3, -0.25) is 10.1 Å². The van der Waals surface area contributed by atoms with E-state index in [1.165, 1.54) is 18.2 Å². The first-order valence-electron chi connectivity index (χ1n) is 6.18. The zero-order valence-corrected chi connectivity index (χ0v) is 14.6. The summed E-state index contributed by atoms with van der Waals surface area (Å²) in [7, 11) is 0. The summed E-state index contributed by atoms with van der Waals surface area (Å²) in [6, 6.07) is 5.24. The number of halogens is 4. The van der Waals surface area contributed by atoms with Crippen molar-refractivity contribution in [1.82, 2.24) is 10.3 Å². The van der Waals surface area contributed by atoms with E-state index in [9.17, 15) is 9.59 Å². The minimum atomic E-state index is -0.751. The molecule has 0 saturated carbocycles. The summed E-state index contributed by atoms with van der Waals surface area (Å²) < 4.78 is 0. The highest BCUT2D eigenvalue weighted by Gasteiger charge is 2.18. The number of hydrogen-bond acceptors (Lipinski definition) is 3. The van der Waals surface area contributed by atoms with E-state index in [1.807, 2.05) is 0 Å². The Bertz CT molecular complexity index is 773. The van der Waals surface area contributed by atoms with Crippen molar-refractivity contribution < 1.29 is 9.59 Å². The summed E-state index contributed by atoms with van der Waals surface area (Å²) >= 11 is 23.3. The van der Waals surface area contributed by atoms with Gasteiger partial charge in [0, 0.05) is 5.69 Å². The molecule has 0 saturated heterocycles. The van der Waals surface area contributed by atoms with Crippen molar-refractivity contribution >= 4 is 64.0 Å². The summed E-state index contributed by atoms with van der Waals surface area (Å²) in [4.78, 5) is 27.8. The van der Waals surface area contributed by atoms with Crippen molar-refractivity contribution in [2.24, 2.45) is 0 Å². The summed E-state index contributed by atoms with van der Waals surface area (Å²) in [6.07, 6.45) is 0. The summed E-state index contributed by atoms with van der Waals surface area (Å²) in [5.41, 5.74) is 0.942. The Kier molecular flexibility index (Phi) is 5.70. The molecule has 0 aliphatic heterocycles. The van der Waals surface area contributed by atoms with Crippen molar-refractivity contribution in [2.75, 3.05) is 5.32 Å². The van der Waals surface area contributed by atoms with Crippen LogP contribution < -0.4 is 10.6 Å². The number of imide groups is 1. The minimum absolute atomic E-state index is 0.0698. The Morgan fingerprint density at radius 3 is 2.35 bits per heavy atom. The molecule has 0 spiro atoms. The molecule has 0 aliphatic rings. The van der Waals surface area contributed by atoms with Crippen LogP contribution in [-0.4, -0.2) is 16.9 Å². The van der Waals surface area contributed by atoms with Crippen LogP contribution in [0.5, 0.6) is 0 Å². The molecule has 3 amide bonds. The molecule has 1 aromatic carbocycles. The summed E-state index contributed by atoms with van der Waals surface area (Å²) in [5.74, 6) is -0.700. The molecule has 0 aliphatic carbocycles. The predicted molar refractivity (Wildman–Crippen MR) is 91.9 cm³/mol. The number of hydrogen-bond donors (Lipinski definition) is 2. The molecule has 0 bridgehead atoms. The van der Waals surface area contributed by atoms with Gasteiger partial charge in [-0.05, 0) is 36.8 Å². The fraction of sp³-hybridized carbons (Fsp3) is 0.0714. The molecule has 1 heterocycles. The number of carbonyl (C=O) groups is 2. The van der Waals surface area contributed by atoms with Gasteiger partial charge in [0.05, 0.1) is 15.6 Å². The fourth-order valence-corrected chi connectivity index (χ4v) is 2.69. The molecule has 2 N–H and O–H groups in total. The first-order chi connectivity index (χ1) is 10.8. The first kappa shape index (κ1) is 17.8. The van der Waals surface area contributed by atoms with Gasteiger partial charge in [0.2, 0.25) is 0 Å². The van der Waals surface area contributed by atoms with Crippen LogP contribution >= 0.6 is 46.4 Å². The van der Waals surface area contributed by atoms with Gasteiger partial charge in [-0.15, -0.1) is 0 Å². The van der Waals surface area contributed by atoms with Crippen LogP contribution in [0.3, 0.4) is 0 Å². The third-order valence-corrected chi connectivity index (χ3v) is 3.98. The number of aromatic nitrogens is 1. The number of rotatable bonds is 2. The molecule has 120 valence electrons. The molecule has 23 heavy (non-hydrogen) atoms. The molecule has 5 nitrogen and oxygen atoms in total. The van der Waals surface area contributed by atoms with Gasteiger partial charge in [-0.1, -0.05) is 46.4 Å². The normalized spacial score (nSPS) is 10.3. The number of aryl methyl sites for hydroxylation is 1. The Morgan fingerprint density at radius 1 is 1.04 bits per heavy atom. The molecule has 0 atom stereocenters. The van der Waals surface area contributed by atoms with E-state index in [2.05, 4.69) is 15.6 Å². The van der Waals surface area contributed by atoms with Crippen molar-refractivity contribution in [1.29, 1.82) is 0 Å². The van der Waals surface area contributed by atoms with Gasteiger partial charge in [0.25, 0.3) is 5.91 Å². The number of pyridine rings is 1. The largest absolute Gasteiger partial charge is 0.326 e. The number of amides is 3. The first-order valence-corrected chi connectivity index (χ1v) is 7.69. The maximum absolute atomic E-state index is 12.1. The van der Waals surface area contributed by atoms with Gasteiger partial charge in [0.15, 0.2) is 0 Å². The van der Waals surface area contributed by atoms with E-state index in [1.54, 1.807) is 13.0 Å². The average Bonchev–Trinajstić information content (AvgIpc) is 2.41. The molecule has 2 aromatic rings. The maximum atomic E-state index is 12.1. The molecule has 9 heteroatoms. The monoisotopic (exact) mass is 391 g/mol. The molecule has 1 aromatic heterocycles. The zero-order chi connectivity index (χ0) is 17.1. The number of carbonyl (C=O) groups excluding carboxylic acids is 2. The Labute approximate surface area is 151 Å². The van der Waals surface area contributed by atoms with Crippen LogP contribution in [0.1, 0.15) is 15.9 Å². The fourth-order valence-electron chi connectivity index (χ4n) is 1.77. The van der Waals surface area contributed by atoms with Gasteiger partial charge >= 0.3 is 6.03 Å². The van der Waals surface area contributed by atoms with E-state index in [-0.39, 0.29) is 20.9 Å². The Morgan fingerprint density at radius 2 is 1.74 bits per heavy atom. The van der Waals surface area contributed by atoms with Crippen molar-refractivity contribution in [3.63, 3.8) is 0 Å². The van der Waals surface area contributed by atoms with E-state index < -0.39 is 11.9 Å². The average molecular weight is 393 g/mol. The van der Waals surface area contributed by atoms with Crippen molar-refractivity contribution in [3.8, 4) is 0 Å². The Balaban J connectivity index is 2.11. The maximum Gasteiger partial charge on any atom is 0.326 e. The number of nitrogens with one attached hydrogen (secondary N) is 2. The molecular weight excluding hydrogens is 384 g/mol. The number of benzene rings is 1. The lowest BCUT2D eigenvalue weighted by Crippen LogP contribution is -2.35. The van der Waals surface area contributed by atoms with Crippen molar-refractivity contribution in [3.05, 3.63) is 55.7 Å². The zero-order valence-electron chi connectivity index (χ0n) is 11.6. The smallest absolute Gasteiger partial charge is 0.308 e. The number of nitrogens with zero attached hydrogens (tertiary/aromatic N) is 1. The van der Waals surface area contributed by atoms with Crippen LogP contribution in [0, 0.1) is 6.92 Å². The van der Waals surface area contributed by atoms with Gasteiger partial charge in [-0.2, -0.15) is 0 Å². The number of anilines is 1. The molecule has 0 fully saturated rings. The van der Waals surface area contributed by atoms with Gasteiger partial charge in [0.1, 0.15) is 10.3 Å². The number of urea groups is 1. The quantitative estimate of drug-likeness (QED) is 0.709. The second-order valence-corrected chi connectivity index (χ2v) is 6.02. The van der Waals surface area contributed by atoms with E-state index in [0.717, 1.165) is 0 Å². The van der Waals surface area contributed by atoms with E-state index >= 15 is 0 Å². The molecule has 0 radical (unpaired) electrons. The van der Waals surface area contributed by atoms with Crippen LogP contribution in [0.25, 0.3) is 0 Å². The minimum Gasteiger partial charge on any atom is -0.308 e. The topological polar surface area (TPSA) is 71.1 Å². The predicted octanol–water partition coefficient (Wildman–Crippen LogP) is 4.97. The highest BCUT2D eigenvalue weighted by Crippen LogP contribution is 2.25. The third-order valence-electron chi connectivity index (χ3n) is 2.77. The highest BCUT2D eigenvalue weighted by molar-refractivity contribution is 6.42. The lowest BCUT2D eigenvalue weighted by Gasteiger charge is -2.10. The standard InChI is InChI=1S/C14H9Cl4N3O2/c1-6-4-10(17)20-12(18)11(6)13(22)21-14(23)19-7-2-3-8(15)9(16)5-7/h2-5H,1H3,(H2,19,21,22,23). The van der Waals surface area contributed by atoms with Gasteiger partial charge < -0.3 is 5.32 Å². The Hall–Kier alpha value is -1.53. The lowest BCUT2D eigenvalue weighted by molar-refractivity contribution is 0.0966. The van der Waals surface area contributed by atoms with Crippen LogP contribution in [0.2, 0.25) is 20.4 Å².